The van der Waals surface area contributed by atoms with E-state index in [1.165, 1.54) is 0 Å². The molecule has 2 aromatic carbocycles. The highest BCUT2D eigenvalue weighted by Gasteiger charge is 2.53. The van der Waals surface area contributed by atoms with Crippen molar-refractivity contribution in [2.24, 2.45) is 0 Å². The zero-order valence-electron chi connectivity index (χ0n) is 26.9. The molecule has 0 radical (unpaired) electrons. The first-order chi connectivity index (χ1) is 22.1. The summed E-state index contributed by atoms with van der Waals surface area (Å²) in [6, 6.07) is 13.6. The summed E-state index contributed by atoms with van der Waals surface area (Å²) in [6.45, 7) is -2.01. The Morgan fingerprint density at radius 2 is 1.45 bits per heavy atom. The standard InChI is InChI=1S/C30H34O12/c1-6-36-26(35)15-21-10-9-11-22(14-21)23-12-7-8-13-24(23)41-30-29(40-20(5)34)28(39-19(4)33)27(38-18(3)32)25(42-30)16-37-17(2)31/h7-14,25,27-30H,6,15-16H2,1-5H3/t25-,27-,28+,29+,30?/m1/s1/i2D,3D,4D,5D. The molecule has 1 heterocycles. The van der Waals surface area contributed by atoms with Crippen LogP contribution in [0.15, 0.2) is 48.5 Å². The zero-order chi connectivity index (χ0) is 33.6. The number of benzene rings is 2. The van der Waals surface area contributed by atoms with Crippen molar-refractivity contribution >= 4 is 29.8 Å². The van der Waals surface area contributed by atoms with Gasteiger partial charge in [0.1, 0.15) is 18.5 Å². The number of hydrogen-bond acceptors (Lipinski definition) is 12. The molecule has 0 amide bonds. The molecule has 1 aliphatic rings. The molecule has 0 saturated carbocycles. The van der Waals surface area contributed by atoms with Crippen LogP contribution in [0.2, 0.25) is 0 Å². The molecule has 5 atom stereocenters. The van der Waals surface area contributed by atoms with Crippen LogP contribution >= 0.6 is 0 Å². The molecule has 1 aliphatic heterocycles. The Balaban J connectivity index is 2.07. The number of carbonyl (C=O) groups excluding carboxylic acids is 5. The summed E-state index contributed by atoms with van der Waals surface area (Å²) in [5.74, 6) is -4.48. The van der Waals surface area contributed by atoms with E-state index in [4.69, 9.17) is 38.6 Å². The maximum Gasteiger partial charge on any atom is 0.310 e. The third-order valence-electron chi connectivity index (χ3n) is 5.82. The van der Waals surface area contributed by atoms with Gasteiger partial charge >= 0.3 is 29.8 Å². The molecule has 1 fully saturated rings. The van der Waals surface area contributed by atoms with Gasteiger partial charge in [0.15, 0.2) is 12.2 Å². The van der Waals surface area contributed by atoms with Gasteiger partial charge in [-0.05, 0) is 24.1 Å². The van der Waals surface area contributed by atoms with Gasteiger partial charge in [0.2, 0.25) is 12.4 Å². The number of hydrogen-bond donors (Lipinski definition) is 0. The van der Waals surface area contributed by atoms with Crippen molar-refractivity contribution in [1.82, 2.24) is 0 Å². The lowest BCUT2D eigenvalue weighted by molar-refractivity contribution is -0.288. The fraction of sp³-hybridized carbons (Fsp3) is 0.433. The second-order valence-corrected chi connectivity index (χ2v) is 8.89. The summed E-state index contributed by atoms with van der Waals surface area (Å²) in [7, 11) is 0. The van der Waals surface area contributed by atoms with E-state index in [1.807, 2.05) is 0 Å². The molecular formula is C30H34O12. The first kappa shape index (κ1) is 26.4. The number of para-hydroxylation sites is 1. The highest BCUT2D eigenvalue weighted by molar-refractivity contribution is 5.75. The molecule has 12 nitrogen and oxygen atoms in total. The number of esters is 5. The molecule has 226 valence electrons. The average molecular weight is 591 g/mol. The first-order valence-electron chi connectivity index (χ1n) is 15.5. The third-order valence-corrected chi connectivity index (χ3v) is 5.82. The van der Waals surface area contributed by atoms with Crippen molar-refractivity contribution in [2.75, 3.05) is 13.2 Å². The lowest BCUT2D eigenvalue weighted by Crippen LogP contribution is -2.63. The lowest BCUT2D eigenvalue weighted by atomic mass is 9.97. The molecule has 1 unspecified atom stereocenters. The molecule has 1 saturated heterocycles. The lowest BCUT2D eigenvalue weighted by Gasteiger charge is -2.44. The minimum atomic E-state index is -1.69. The SMILES string of the molecule is [2H]CC(=O)OC[C@H]1OC(Oc2ccccc2-c2cccc(CC(=O)OCC)c2)[C@@H](OC(=O)C[2H])[C@@H](OC(=O)C[2H])[C@@H]1OC(=O)C[2H]. The first-order valence-corrected chi connectivity index (χ1v) is 12.7. The van der Waals surface area contributed by atoms with Crippen molar-refractivity contribution in [3.8, 4) is 16.9 Å². The monoisotopic (exact) mass is 590 g/mol. The Morgan fingerprint density at radius 1 is 0.786 bits per heavy atom. The van der Waals surface area contributed by atoms with E-state index in [0.29, 0.717) is 16.7 Å². The molecular weight excluding hydrogens is 552 g/mol. The summed E-state index contributed by atoms with van der Waals surface area (Å²) >= 11 is 0. The van der Waals surface area contributed by atoms with Crippen LogP contribution in [0.5, 0.6) is 5.75 Å². The fourth-order valence-corrected chi connectivity index (χ4v) is 4.30. The second-order valence-electron chi connectivity index (χ2n) is 8.89. The molecule has 0 bridgehead atoms. The molecule has 0 aliphatic carbocycles. The summed E-state index contributed by atoms with van der Waals surface area (Å²) in [4.78, 5) is 60.9. The van der Waals surface area contributed by atoms with E-state index in [1.54, 1.807) is 55.5 Å². The molecule has 0 spiro atoms. The van der Waals surface area contributed by atoms with Gasteiger partial charge in [-0.3, -0.25) is 24.0 Å². The minimum Gasteiger partial charge on any atom is -0.466 e. The summed E-state index contributed by atoms with van der Waals surface area (Å²) < 4.78 is 67.9. The zero-order valence-corrected chi connectivity index (χ0v) is 22.9. The minimum absolute atomic E-state index is 0.0157. The summed E-state index contributed by atoms with van der Waals surface area (Å²) in [6.07, 6.45) is -8.03. The van der Waals surface area contributed by atoms with E-state index in [-0.39, 0.29) is 18.8 Å². The smallest absolute Gasteiger partial charge is 0.310 e. The molecule has 12 heteroatoms. The summed E-state index contributed by atoms with van der Waals surface area (Å²) in [5.41, 5.74) is 1.77. The van der Waals surface area contributed by atoms with E-state index in [0.717, 1.165) is 0 Å². The topological polar surface area (TPSA) is 150 Å². The Labute approximate surface area is 248 Å². The number of rotatable bonds is 11. The second kappa shape index (κ2) is 15.0. The van der Waals surface area contributed by atoms with Crippen molar-refractivity contribution in [1.29, 1.82) is 0 Å². The number of ether oxygens (including phenoxy) is 7. The third kappa shape index (κ3) is 9.03. The van der Waals surface area contributed by atoms with Gasteiger partial charge in [-0.25, -0.2) is 0 Å². The highest BCUT2D eigenvalue weighted by Crippen LogP contribution is 2.35. The van der Waals surface area contributed by atoms with Crippen LogP contribution in [-0.2, 0) is 58.8 Å². The van der Waals surface area contributed by atoms with E-state index in [9.17, 15) is 24.0 Å². The van der Waals surface area contributed by atoms with E-state index < -0.39 is 94.8 Å². The Kier molecular flexibility index (Phi) is 9.43. The van der Waals surface area contributed by atoms with Gasteiger partial charge in [-0.15, -0.1) is 0 Å². The molecule has 3 rings (SSSR count). The molecule has 2 aromatic rings. The van der Waals surface area contributed by atoms with Crippen molar-refractivity contribution < 1.29 is 62.6 Å². The normalized spacial score (nSPS) is 22.6. The largest absolute Gasteiger partial charge is 0.466 e. The van der Waals surface area contributed by atoms with E-state index in [2.05, 4.69) is 0 Å². The fourth-order valence-electron chi connectivity index (χ4n) is 4.30. The summed E-state index contributed by atoms with van der Waals surface area (Å²) in [5, 5.41) is 0. The number of carbonyl (C=O) groups is 5. The Hall–Kier alpha value is -4.45. The van der Waals surface area contributed by atoms with Gasteiger partial charge in [0.05, 0.1) is 13.0 Å². The van der Waals surface area contributed by atoms with Gasteiger partial charge in [0, 0.05) is 38.6 Å². The molecule has 42 heavy (non-hydrogen) atoms. The maximum absolute atomic E-state index is 12.4. The van der Waals surface area contributed by atoms with Gasteiger partial charge in [-0.2, -0.15) is 0 Å². The van der Waals surface area contributed by atoms with E-state index >= 15 is 0 Å². The molecule has 0 N–H and O–H groups in total. The van der Waals surface area contributed by atoms with Crippen LogP contribution in [0.4, 0.5) is 0 Å². The van der Waals surface area contributed by atoms with Crippen LogP contribution in [0.1, 0.15) is 45.6 Å². The van der Waals surface area contributed by atoms with Crippen LogP contribution in [-0.4, -0.2) is 73.8 Å². The van der Waals surface area contributed by atoms with Crippen molar-refractivity contribution in [3.05, 3.63) is 54.1 Å². The predicted molar refractivity (Wildman–Crippen MR) is 145 cm³/mol. The Morgan fingerprint density at radius 3 is 2.14 bits per heavy atom. The average Bonchev–Trinajstić information content (AvgIpc) is 3.06. The van der Waals surface area contributed by atoms with Crippen LogP contribution in [0, 0.1) is 0 Å². The van der Waals surface area contributed by atoms with Gasteiger partial charge < -0.3 is 33.2 Å². The van der Waals surface area contributed by atoms with Gasteiger partial charge in [0.25, 0.3) is 0 Å². The van der Waals surface area contributed by atoms with Crippen LogP contribution < -0.4 is 4.74 Å². The maximum atomic E-state index is 12.4. The highest BCUT2D eigenvalue weighted by atomic mass is 16.7. The van der Waals surface area contributed by atoms with Crippen LogP contribution in [0.25, 0.3) is 11.1 Å². The van der Waals surface area contributed by atoms with Gasteiger partial charge in [-0.1, -0.05) is 42.5 Å². The van der Waals surface area contributed by atoms with Crippen molar-refractivity contribution in [2.45, 2.75) is 71.6 Å². The molecule has 0 aromatic heterocycles. The van der Waals surface area contributed by atoms with Crippen LogP contribution in [0.3, 0.4) is 0 Å². The van der Waals surface area contributed by atoms with Crippen molar-refractivity contribution in [3.63, 3.8) is 0 Å². The Bertz CT molecular complexity index is 1370. The quantitative estimate of drug-likeness (QED) is 0.280. The predicted octanol–water partition coefficient (Wildman–Crippen LogP) is 2.92.